The molecule has 0 bridgehead atoms. The second-order valence-electron chi connectivity index (χ2n) is 3.59. The summed E-state index contributed by atoms with van der Waals surface area (Å²) in [6.07, 6.45) is -0.104. The van der Waals surface area contributed by atoms with Crippen LogP contribution in [0.1, 0.15) is 23.2 Å². The summed E-state index contributed by atoms with van der Waals surface area (Å²) in [5.74, 6) is -1.44. The SMILES string of the molecule is COC(=O)CCC(=O)NNC(=O)c1ccc(Cl)cc1. The Kier molecular flexibility index (Phi) is 5.81. The molecule has 0 atom stereocenters. The lowest BCUT2D eigenvalue weighted by atomic mass is 10.2. The van der Waals surface area contributed by atoms with Gasteiger partial charge in [-0.2, -0.15) is 0 Å². The number of methoxy groups -OCH3 is 1. The van der Waals surface area contributed by atoms with E-state index in [2.05, 4.69) is 15.6 Å². The molecule has 1 aromatic carbocycles. The number of carbonyl (C=O) groups excluding carboxylic acids is 3. The zero-order valence-electron chi connectivity index (χ0n) is 10.2. The first-order valence-corrected chi connectivity index (χ1v) is 5.82. The van der Waals surface area contributed by atoms with Gasteiger partial charge in [-0.3, -0.25) is 25.2 Å². The molecule has 1 rings (SSSR count). The van der Waals surface area contributed by atoms with Gasteiger partial charge in [-0.25, -0.2) is 0 Å². The number of carbonyl (C=O) groups is 3. The van der Waals surface area contributed by atoms with Crippen molar-refractivity contribution in [2.24, 2.45) is 0 Å². The molecular formula is C12H13ClN2O4. The summed E-state index contributed by atoms with van der Waals surface area (Å²) in [4.78, 5) is 33.7. The van der Waals surface area contributed by atoms with Crippen molar-refractivity contribution in [2.45, 2.75) is 12.8 Å². The zero-order valence-corrected chi connectivity index (χ0v) is 11.0. The fourth-order valence-corrected chi connectivity index (χ4v) is 1.31. The average Bonchev–Trinajstić information content (AvgIpc) is 2.42. The minimum absolute atomic E-state index is 0.0425. The monoisotopic (exact) mass is 284 g/mol. The Balaban J connectivity index is 2.36. The number of amides is 2. The molecule has 0 saturated heterocycles. The number of hydrogen-bond donors (Lipinski definition) is 2. The summed E-state index contributed by atoms with van der Waals surface area (Å²) >= 11 is 5.68. The minimum atomic E-state index is -0.487. The fourth-order valence-electron chi connectivity index (χ4n) is 1.18. The number of esters is 1. The Hall–Kier alpha value is -2.08. The molecule has 102 valence electrons. The normalized spacial score (nSPS) is 9.58. The highest BCUT2D eigenvalue weighted by Gasteiger charge is 2.09. The number of halogens is 1. The number of benzene rings is 1. The third-order valence-electron chi connectivity index (χ3n) is 2.21. The molecule has 0 aliphatic carbocycles. The quantitative estimate of drug-likeness (QED) is 0.639. The lowest BCUT2D eigenvalue weighted by Crippen LogP contribution is -2.41. The van der Waals surface area contributed by atoms with Crippen LogP contribution in [0.3, 0.4) is 0 Å². The molecule has 0 aliphatic rings. The van der Waals surface area contributed by atoms with Crippen LogP contribution in [0, 0.1) is 0 Å². The smallest absolute Gasteiger partial charge is 0.306 e. The third kappa shape index (κ3) is 5.39. The first-order chi connectivity index (χ1) is 9.02. The largest absolute Gasteiger partial charge is 0.469 e. The van der Waals surface area contributed by atoms with E-state index in [4.69, 9.17) is 11.6 Å². The predicted octanol–water partition coefficient (Wildman–Crippen LogP) is 1.05. The van der Waals surface area contributed by atoms with E-state index in [1.165, 1.54) is 19.2 Å². The Morgan fingerprint density at radius 3 is 2.32 bits per heavy atom. The number of rotatable bonds is 4. The van der Waals surface area contributed by atoms with Crippen LogP contribution in [0.4, 0.5) is 0 Å². The van der Waals surface area contributed by atoms with E-state index in [9.17, 15) is 14.4 Å². The molecule has 0 heterocycles. The molecule has 2 amide bonds. The van der Waals surface area contributed by atoms with Crippen molar-refractivity contribution in [3.63, 3.8) is 0 Å². The van der Waals surface area contributed by atoms with Crippen molar-refractivity contribution in [3.05, 3.63) is 34.9 Å². The lowest BCUT2D eigenvalue weighted by Gasteiger charge is -2.07. The van der Waals surface area contributed by atoms with E-state index in [0.29, 0.717) is 10.6 Å². The van der Waals surface area contributed by atoms with E-state index < -0.39 is 17.8 Å². The number of ether oxygens (including phenoxy) is 1. The molecule has 7 heteroatoms. The van der Waals surface area contributed by atoms with Crippen molar-refractivity contribution >= 4 is 29.4 Å². The number of nitrogens with one attached hydrogen (secondary N) is 2. The van der Waals surface area contributed by atoms with Gasteiger partial charge in [0.25, 0.3) is 5.91 Å². The Morgan fingerprint density at radius 1 is 1.11 bits per heavy atom. The van der Waals surface area contributed by atoms with Gasteiger partial charge < -0.3 is 4.74 Å². The molecule has 0 fully saturated rings. The molecule has 0 aromatic heterocycles. The number of hydrogen-bond acceptors (Lipinski definition) is 4. The summed E-state index contributed by atoms with van der Waals surface area (Å²) in [5, 5.41) is 0.513. The molecule has 6 nitrogen and oxygen atoms in total. The Morgan fingerprint density at radius 2 is 1.74 bits per heavy atom. The standard InChI is InChI=1S/C12H13ClN2O4/c1-19-11(17)7-6-10(16)14-15-12(18)8-2-4-9(13)5-3-8/h2-5H,6-7H2,1H3,(H,14,16)(H,15,18). The van der Waals surface area contributed by atoms with Gasteiger partial charge in [0.15, 0.2) is 0 Å². The van der Waals surface area contributed by atoms with Gasteiger partial charge in [0.1, 0.15) is 0 Å². The van der Waals surface area contributed by atoms with Gasteiger partial charge in [0, 0.05) is 17.0 Å². The Labute approximate surface area is 115 Å². The first-order valence-electron chi connectivity index (χ1n) is 5.44. The summed E-state index contributed by atoms with van der Waals surface area (Å²) < 4.78 is 4.39. The van der Waals surface area contributed by atoms with E-state index in [0.717, 1.165) is 0 Å². The molecule has 19 heavy (non-hydrogen) atoms. The van der Waals surface area contributed by atoms with Gasteiger partial charge in [-0.1, -0.05) is 11.6 Å². The highest BCUT2D eigenvalue weighted by molar-refractivity contribution is 6.30. The molecule has 2 N–H and O–H groups in total. The molecule has 0 aliphatic heterocycles. The Bertz CT molecular complexity index is 473. The molecule has 0 unspecified atom stereocenters. The van der Waals surface area contributed by atoms with Crippen molar-refractivity contribution in [1.29, 1.82) is 0 Å². The topological polar surface area (TPSA) is 84.5 Å². The summed E-state index contributed by atoms with van der Waals surface area (Å²) in [6.45, 7) is 0. The molecule has 0 spiro atoms. The molecule has 1 aromatic rings. The maximum atomic E-state index is 11.6. The predicted molar refractivity (Wildman–Crippen MR) is 68.3 cm³/mol. The highest BCUT2D eigenvalue weighted by atomic mass is 35.5. The van der Waals surface area contributed by atoms with Crippen LogP contribution in [0.15, 0.2) is 24.3 Å². The number of hydrazine groups is 1. The average molecular weight is 285 g/mol. The van der Waals surface area contributed by atoms with Crippen LogP contribution < -0.4 is 10.9 Å². The second kappa shape index (κ2) is 7.38. The van der Waals surface area contributed by atoms with Crippen LogP contribution in [-0.2, 0) is 14.3 Å². The van der Waals surface area contributed by atoms with Gasteiger partial charge >= 0.3 is 5.97 Å². The van der Waals surface area contributed by atoms with Crippen molar-refractivity contribution < 1.29 is 19.1 Å². The second-order valence-corrected chi connectivity index (χ2v) is 4.02. The van der Waals surface area contributed by atoms with Gasteiger partial charge in [-0.05, 0) is 24.3 Å². The summed E-state index contributed by atoms with van der Waals surface area (Å²) in [5.41, 5.74) is 4.78. The lowest BCUT2D eigenvalue weighted by molar-refractivity contribution is -0.142. The maximum Gasteiger partial charge on any atom is 0.306 e. The first kappa shape index (κ1) is 15.0. The van der Waals surface area contributed by atoms with Gasteiger partial charge in [0.2, 0.25) is 5.91 Å². The fraction of sp³-hybridized carbons (Fsp3) is 0.250. The maximum absolute atomic E-state index is 11.6. The van der Waals surface area contributed by atoms with Crippen LogP contribution >= 0.6 is 11.6 Å². The minimum Gasteiger partial charge on any atom is -0.469 e. The van der Waals surface area contributed by atoms with Crippen LogP contribution in [0.2, 0.25) is 5.02 Å². The third-order valence-corrected chi connectivity index (χ3v) is 2.46. The summed E-state index contributed by atoms with van der Waals surface area (Å²) in [7, 11) is 1.24. The van der Waals surface area contributed by atoms with Crippen molar-refractivity contribution in [1.82, 2.24) is 10.9 Å². The van der Waals surface area contributed by atoms with E-state index >= 15 is 0 Å². The van der Waals surface area contributed by atoms with Gasteiger partial charge in [0.05, 0.1) is 13.5 Å². The molecule has 0 radical (unpaired) electrons. The van der Waals surface area contributed by atoms with Crippen LogP contribution in [0.25, 0.3) is 0 Å². The van der Waals surface area contributed by atoms with Crippen LogP contribution in [0.5, 0.6) is 0 Å². The van der Waals surface area contributed by atoms with E-state index in [1.54, 1.807) is 12.1 Å². The molecular weight excluding hydrogens is 272 g/mol. The molecule has 0 saturated carbocycles. The highest BCUT2D eigenvalue weighted by Crippen LogP contribution is 2.08. The van der Waals surface area contributed by atoms with Crippen molar-refractivity contribution in [2.75, 3.05) is 7.11 Å². The van der Waals surface area contributed by atoms with E-state index in [1.807, 2.05) is 0 Å². The van der Waals surface area contributed by atoms with Crippen molar-refractivity contribution in [3.8, 4) is 0 Å². The van der Waals surface area contributed by atoms with E-state index in [-0.39, 0.29) is 12.8 Å². The van der Waals surface area contributed by atoms with Gasteiger partial charge in [-0.15, -0.1) is 0 Å². The summed E-state index contributed by atoms with van der Waals surface area (Å²) in [6, 6.07) is 6.18. The zero-order chi connectivity index (χ0) is 14.3. The van der Waals surface area contributed by atoms with Crippen LogP contribution in [-0.4, -0.2) is 24.9 Å².